The molecule has 0 unspecified atom stereocenters. The highest BCUT2D eigenvalue weighted by Crippen LogP contribution is 2.14. The molecule has 0 aliphatic heterocycles. The van der Waals surface area contributed by atoms with Gasteiger partial charge in [0.25, 0.3) is 11.5 Å². The van der Waals surface area contributed by atoms with Crippen LogP contribution >= 0.6 is 0 Å². The van der Waals surface area contributed by atoms with Gasteiger partial charge in [-0.3, -0.25) is 19.5 Å². The molecule has 0 bridgehead atoms. The van der Waals surface area contributed by atoms with E-state index in [9.17, 15) is 19.2 Å². The molecule has 0 spiro atoms. The predicted octanol–water partition coefficient (Wildman–Crippen LogP) is 2.09. The summed E-state index contributed by atoms with van der Waals surface area (Å²) in [5.74, 6) is -0.948. The molecule has 1 heterocycles. The number of benzene rings is 2. The zero-order valence-electron chi connectivity index (χ0n) is 17.2. The molecule has 9 heteroatoms. The molecular weight excluding hydrogens is 400 g/mol. The first-order chi connectivity index (χ1) is 14.9. The van der Waals surface area contributed by atoms with Gasteiger partial charge in [0.15, 0.2) is 6.61 Å². The lowest BCUT2D eigenvalue weighted by Crippen LogP contribution is -2.41. The summed E-state index contributed by atoms with van der Waals surface area (Å²) in [4.78, 5) is 52.6. The quantitative estimate of drug-likeness (QED) is 0.587. The van der Waals surface area contributed by atoms with E-state index in [1.165, 1.54) is 16.7 Å². The van der Waals surface area contributed by atoms with E-state index in [0.717, 1.165) is 6.42 Å². The smallest absolute Gasteiger partial charge is 0.338 e. The summed E-state index contributed by atoms with van der Waals surface area (Å²) in [6.45, 7) is 3.45. The normalized spacial score (nSPS) is 10.5. The van der Waals surface area contributed by atoms with Gasteiger partial charge in [0.1, 0.15) is 5.82 Å². The Morgan fingerprint density at radius 3 is 2.48 bits per heavy atom. The van der Waals surface area contributed by atoms with Crippen molar-refractivity contribution in [3.63, 3.8) is 0 Å². The fraction of sp³-hybridized carbons (Fsp3) is 0.227. The largest absolute Gasteiger partial charge is 0.452 e. The van der Waals surface area contributed by atoms with Crippen LogP contribution in [0.15, 0.2) is 53.3 Å². The molecule has 3 amide bonds. The van der Waals surface area contributed by atoms with E-state index >= 15 is 0 Å². The van der Waals surface area contributed by atoms with Crippen molar-refractivity contribution in [2.45, 2.75) is 20.3 Å². The van der Waals surface area contributed by atoms with E-state index in [4.69, 9.17) is 4.74 Å². The number of rotatable bonds is 6. The molecule has 0 atom stereocenters. The topological polar surface area (TPSA) is 119 Å². The molecule has 3 aromatic rings. The van der Waals surface area contributed by atoms with Crippen molar-refractivity contribution in [3.05, 3.63) is 70.3 Å². The van der Waals surface area contributed by atoms with Crippen LogP contribution in [0.25, 0.3) is 16.6 Å². The molecule has 0 radical (unpaired) electrons. The average molecular weight is 422 g/mol. The Hall–Kier alpha value is -4.01. The molecular formula is C22H22N4O5. The van der Waals surface area contributed by atoms with Crippen molar-refractivity contribution in [2.75, 3.05) is 13.2 Å². The van der Waals surface area contributed by atoms with Gasteiger partial charge in [0.2, 0.25) is 0 Å². The van der Waals surface area contributed by atoms with Crippen molar-refractivity contribution in [3.8, 4) is 5.69 Å². The maximum absolute atomic E-state index is 12.9. The Morgan fingerprint density at radius 1 is 1.06 bits per heavy atom. The lowest BCUT2D eigenvalue weighted by atomic mass is 10.2. The fourth-order valence-corrected chi connectivity index (χ4v) is 2.95. The number of hydrogen-bond acceptors (Lipinski definition) is 6. The summed E-state index contributed by atoms with van der Waals surface area (Å²) in [6.07, 6.45) is 0.730. The van der Waals surface area contributed by atoms with Gasteiger partial charge in [-0.15, -0.1) is 0 Å². The Balaban J connectivity index is 1.69. The van der Waals surface area contributed by atoms with Crippen molar-refractivity contribution in [1.82, 2.24) is 20.2 Å². The summed E-state index contributed by atoms with van der Waals surface area (Å²) in [5.41, 5.74) is 1.15. The number of carbonyl (C=O) groups excluding carboxylic acids is 3. The van der Waals surface area contributed by atoms with Gasteiger partial charge in [-0.2, -0.15) is 0 Å². The molecule has 9 nitrogen and oxygen atoms in total. The van der Waals surface area contributed by atoms with Crippen molar-refractivity contribution in [2.24, 2.45) is 0 Å². The van der Waals surface area contributed by atoms with Crippen LogP contribution < -0.4 is 16.2 Å². The summed E-state index contributed by atoms with van der Waals surface area (Å²) >= 11 is 0. The number of amides is 3. The van der Waals surface area contributed by atoms with Crippen LogP contribution in [0.3, 0.4) is 0 Å². The number of nitrogens with zero attached hydrogens (tertiary/aromatic N) is 2. The number of imide groups is 1. The van der Waals surface area contributed by atoms with Crippen molar-refractivity contribution >= 4 is 28.8 Å². The molecule has 0 saturated carbocycles. The number of aryl methyl sites for hydroxylation is 1. The number of fused-ring (bicyclic) bond motifs is 1. The Kier molecular flexibility index (Phi) is 6.76. The van der Waals surface area contributed by atoms with Gasteiger partial charge in [-0.25, -0.2) is 14.6 Å². The molecule has 0 aliphatic rings. The lowest BCUT2D eigenvalue weighted by molar-refractivity contribution is -0.123. The second-order valence-corrected chi connectivity index (χ2v) is 6.74. The highest BCUT2D eigenvalue weighted by atomic mass is 16.5. The first kappa shape index (κ1) is 21.7. The van der Waals surface area contributed by atoms with Crippen LogP contribution in [0.4, 0.5) is 4.79 Å². The van der Waals surface area contributed by atoms with E-state index in [1.807, 2.05) is 13.0 Å². The third-order valence-electron chi connectivity index (χ3n) is 4.43. The maximum atomic E-state index is 12.9. The number of ether oxygens (including phenoxy) is 1. The highest BCUT2D eigenvalue weighted by molar-refractivity contribution is 5.97. The Labute approximate surface area is 178 Å². The van der Waals surface area contributed by atoms with E-state index < -0.39 is 24.5 Å². The first-order valence-corrected chi connectivity index (χ1v) is 9.74. The minimum absolute atomic E-state index is 0.200. The molecule has 0 aliphatic carbocycles. The highest BCUT2D eigenvalue weighted by Gasteiger charge is 2.14. The number of nitrogens with one attached hydrogen (secondary N) is 2. The summed E-state index contributed by atoms with van der Waals surface area (Å²) < 4.78 is 6.39. The third-order valence-corrected chi connectivity index (χ3v) is 4.43. The standard InChI is InChI=1S/C22H22N4O5/c1-3-12-23-22(30)25-19(27)13-31-21(29)15-8-10-16(11-9-15)26-14(2)24-18-7-5-4-6-17(18)20(26)28/h4-11H,3,12-13H2,1-2H3,(H2,23,25,27,30). The Bertz CT molecular complexity index is 1180. The molecule has 31 heavy (non-hydrogen) atoms. The van der Waals surface area contributed by atoms with Gasteiger partial charge >= 0.3 is 12.0 Å². The van der Waals surface area contributed by atoms with Gasteiger partial charge in [-0.1, -0.05) is 19.1 Å². The summed E-state index contributed by atoms with van der Waals surface area (Å²) in [7, 11) is 0. The van der Waals surface area contributed by atoms with Crippen LogP contribution in [0, 0.1) is 6.92 Å². The monoisotopic (exact) mass is 422 g/mol. The van der Waals surface area contributed by atoms with E-state index in [1.54, 1.807) is 37.3 Å². The first-order valence-electron chi connectivity index (χ1n) is 9.74. The fourth-order valence-electron chi connectivity index (χ4n) is 2.95. The number of hydrogen-bond donors (Lipinski definition) is 2. The molecule has 1 aromatic heterocycles. The average Bonchev–Trinajstić information content (AvgIpc) is 2.76. The second-order valence-electron chi connectivity index (χ2n) is 6.74. The van der Waals surface area contributed by atoms with E-state index in [-0.39, 0.29) is 11.1 Å². The maximum Gasteiger partial charge on any atom is 0.338 e. The summed E-state index contributed by atoms with van der Waals surface area (Å²) in [6, 6.07) is 12.6. The Morgan fingerprint density at radius 2 is 1.77 bits per heavy atom. The number of carbonyl (C=O) groups is 3. The molecule has 3 rings (SSSR count). The molecule has 0 saturated heterocycles. The van der Waals surface area contributed by atoms with Crippen LogP contribution in [0.5, 0.6) is 0 Å². The SMILES string of the molecule is CCCNC(=O)NC(=O)COC(=O)c1ccc(-n2c(C)nc3ccccc3c2=O)cc1. The van der Waals surface area contributed by atoms with E-state index in [0.29, 0.717) is 29.0 Å². The number of para-hydroxylation sites is 1. The predicted molar refractivity (Wildman–Crippen MR) is 114 cm³/mol. The van der Waals surface area contributed by atoms with Gasteiger partial charge in [-0.05, 0) is 49.7 Å². The van der Waals surface area contributed by atoms with E-state index in [2.05, 4.69) is 15.6 Å². The van der Waals surface area contributed by atoms with Crippen molar-refractivity contribution < 1.29 is 19.1 Å². The third kappa shape index (κ3) is 5.13. The number of urea groups is 1. The molecule has 0 fully saturated rings. The van der Waals surface area contributed by atoms with Crippen LogP contribution in [0.1, 0.15) is 29.5 Å². The minimum Gasteiger partial charge on any atom is -0.452 e. The number of aromatic nitrogens is 2. The second kappa shape index (κ2) is 9.66. The summed E-state index contributed by atoms with van der Waals surface area (Å²) in [5, 5.41) is 5.04. The zero-order valence-corrected chi connectivity index (χ0v) is 17.2. The van der Waals surface area contributed by atoms with Crippen LogP contribution in [-0.2, 0) is 9.53 Å². The van der Waals surface area contributed by atoms with Gasteiger partial charge < -0.3 is 10.1 Å². The molecule has 160 valence electrons. The van der Waals surface area contributed by atoms with Crippen LogP contribution in [0.2, 0.25) is 0 Å². The molecule has 2 aromatic carbocycles. The lowest BCUT2D eigenvalue weighted by Gasteiger charge is -2.11. The van der Waals surface area contributed by atoms with Crippen molar-refractivity contribution in [1.29, 1.82) is 0 Å². The number of esters is 1. The zero-order chi connectivity index (χ0) is 22.4. The van der Waals surface area contributed by atoms with Gasteiger partial charge in [0.05, 0.1) is 22.2 Å². The minimum atomic E-state index is -0.733. The molecule has 2 N–H and O–H groups in total. The van der Waals surface area contributed by atoms with Crippen LogP contribution in [-0.4, -0.2) is 40.6 Å². The van der Waals surface area contributed by atoms with Gasteiger partial charge in [0, 0.05) is 6.54 Å².